The average Bonchev–Trinajstić information content (AvgIpc) is 2.78. The van der Waals surface area contributed by atoms with Crippen molar-refractivity contribution in [1.29, 1.82) is 0 Å². The number of aromatic nitrogens is 2. The quantitative estimate of drug-likeness (QED) is 0.669. The van der Waals surface area contributed by atoms with Crippen LogP contribution in [0.4, 0.5) is 0 Å². The first-order chi connectivity index (χ1) is 9.19. The number of nitrogens with one attached hydrogen (secondary N) is 2. The molecule has 1 atom stereocenters. The molecule has 0 spiro atoms. The van der Waals surface area contributed by atoms with E-state index >= 15 is 0 Å². The number of amides is 1. The Morgan fingerprint density at radius 1 is 1.45 bits per heavy atom. The summed E-state index contributed by atoms with van der Waals surface area (Å²) in [5.74, 6) is -2.64. The van der Waals surface area contributed by atoms with Crippen LogP contribution >= 0.6 is 0 Å². The Labute approximate surface area is 115 Å². The van der Waals surface area contributed by atoms with E-state index in [0.29, 0.717) is 0 Å². The van der Waals surface area contributed by atoms with Crippen molar-refractivity contribution in [3.63, 3.8) is 0 Å². The number of carbonyl (C=O) groups excluding carboxylic acids is 2. The number of H-pyrrole nitrogens is 1. The summed E-state index contributed by atoms with van der Waals surface area (Å²) in [5.41, 5.74) is -0.533. The van der Waals surface area contributed by atoms with Crippen LogP contribution in [0.1, 0.15) is 37.6 Å². The lowest BCUT2D eigenvalue weighted by molar-refractivity contribution is -0.158. The Bertz CT molecular complexity index is 490. The maximum atomic E-state index is 11.7. The molecule has 0 bridgehead atoms. The number of esters is 1. The van der Waals surface area contributed by atoms with Crippen molar-refractivity contribution >= 4 is 17.8 Å². The molecule has 1 aromatic rings. The number of rotatable bonds is 5. The zero-order valence-corrected chi connectivity index (χ0v) is 11.5. The van der Waals surface area contributed by atoms with Gasteiger partial charge in [-0.3, -0.25) is 14.7 Å². The Kier molecular flexibility index (Phi) is 4.84. The smallest absolute Gasteiger partial charge is 0.326 e. The highest BCUT2D eigenvalue weighted by molar-refractivity contribution is 5.97. The monoisotopic (exact) mass is 283 g/mol. The van der Waals surface area contributed by atoms with Crippen LogP contribution in [0.5, 0.6) is 0 Å². The van der Waals surface area contributed by atoms with Gasteiger partial charge in [-0.1, -0.05) is 0 Å². The Hall–Kier alpha value is -2.38. The predicted molar refractivity (Wildman–Crippen MR) is 67.9 cm³/mol. The van der Waals surface area contributed by atoms with E-state index in [-0.39, 0.29) is 5.56 Å². The number of ether oxygens (including phenoxy) is 1. The Morgan fingerprint density at radius 2 is 2.10 bits per heavy atom. The number of carbonyl (C=O) groups is 3. The number of carboxylic acids is 1. The Morgan fingerprint density at radius 3 is 2.55 bits per heavy atom. The molecule has 0 unspecified atom stereocenters. The van der Waals surface area contributed by atoms with Gasteiger partial charge in [-0.05, 0) is 20.8 Å². The highest BCUT2D eigenvalue weighted by Gasteiger charge is 2.27. The summed E-state index contributed by atoms with van der Waals surface area (Å²) in [7, 11) is 0. The fraction of sp³-hybridized carbons (Fsp3) is 0.500. The highest BCUT2D eigenvalue weighted by atomic mass is 16.6. The predicted octanol–water partition coefficient (Wildman–Crippen LogP) is 0.325. The van der Waals surface area contributed by atoms with Gasteiger partial charge in [0.25, 0.3) is 5.91 Å². The molecule has 1 heterocycles. The van der Waals surface area contributed by atoms with Crippen LogP contribution in [-0.2, 0) is 14.3 Å². The lowest BCUT2D eigenvalue weighted by atomic mass is 10.1. The maximum absolute atomic E-state index is 11.7. The molecule has 0 saturated carbocycles. The summed E-state index contributed by atoms with van der Waals surface area (Å²) in [6, 6.07) is -1.35. The summed E-state index contributed by atoms with van der Waals surface area (Å²) >= 11 is 0. The largest absolute Gasteiger partial charge is 0.480 e. The third kappa shape index (κ3) is 5.09. The van der Waals surface area contributed by atoms with Crippen LogP contribution < -0.4 is 5.32 Å². The number of hydrogen-bond donors (Lipinski definition) is 3. The molecule has 0 aliphatic heterocycles. The van der Waals surface area contributed by atoms with Crippen LogP contribution in [0, 0.1) is 0 Å². The first-order valence-corrected chi connectivity index (χ1v) is 5.93. The topological polar surface area (TPSA) is 121 Å². The first kappa shape index (κ1) is 15.7. The van der Waals surface area contributed by atoms with Crippen molar-refractivity contribution in [3.8, 4) is 0 Å². The Balaban J connectivity index is 2.64. The van der Waals surface area contributed by atoms with E-state index in [1.165, 1.54) is 12.4 Å². The van der Waals surface area contributed by atoms with Gasteiger partial charge in [-0.15, -0.1) is 0 Å². The van der Waals surface area contributed by atoms with Crippen molar-refractivity contribution in [2.75, 3.05) is 0 Å². The van der Waals surface area contributed by atoms with Gasteiger partial charge >= 0.3 is 11.9 Å². The molecule has 0 radical (unpaired) electrons. The molecular weight excluding hydrogens is 266 g/mol. The molecule has 1 amide bonds. The molecule has 0 fully saturated rings. The summed E-state index contributed by atoms with van der Waals surface area (Å²) in [6.45, 7) is 5.01. The van der Waals surface area contributed by atoms with E-state index in [4.69, 9.17) is 9.84 Å². The van der Waals surface area contributed by atoms with Crippen molar-refractivity contribution < 1.29 is 24.2 Å². The minimum absolute atomic E-state index is 0.181. The average molecular weight is 283 g/mol. The minimum atomic E-state index is -1.35. The fourth-order valence-electron chi connectivity index (χ4n) is 1.37. The highest BCUT2D eigenvalue weighted by Crippen LogP contribution is 2.09. The third-order valence-electron chi connectivity index (χ3n) is 2.15. The minimum Gasteiger partial charge on any atom is -0.480 e. The molecule has 20 heavy (non-hydrogen) atoms. The maximum Gasteiger partial charge on any atom is 0.326 e. The van der Waals surface area contributed by atoms with Crippen LogP contribution in [-0.4, -0.2) is 44.8 Å². The van der Waals surface area contributed by atoms with E-state index < -0.39 is 35.9 Å². The summed E-state index contributed by atoms with van der Waals surface area (Å²) in [6.07, 6.45) is 2.12. The summed E-state index contributed by atoms with van der Waals surface area (Å²) in [5, 5.41) is 17.3. The van der Waals surface area contributed by atoms with Gasteiger partial charge in [0, 0.05) is 6.20 Å². The molecule has 8 nitrogen and oxygen atoms in total. The fourth-order valence-corrected chi connectivity index (χ4v) is 1.37. The molecule has 1 aromatic heterocycles. The zero-order valence-electron chi connectivity index (χ0n) is 11.5. The molecule has 0 aliphatic rings. The number of carboxylic acid groups (broad SMARTS) is 1. The van der Waals surface area contributed by atoms with Crippen molar-refractivity contribution in [2.24, 2.45) is 0 Å². The van der Waals surface area contributed by atoms with E-state index in [1.807, 2.05) is 0 Å². The molecule has 3 N–H and O–H groups in total. The molecule has 110 valence electrons. The van der Waals surface area contributed by atoms with Crippen molar-refractivity contribution in [2.45, 2.75) is 38.8 Å². The van der Waals surface area contributed by atoms with Crippen LogP contribution in [0.3, 0.4) is 0 Å². The van der Waals surface area contributed by atoms with Crippen LogP contribution in [0.15, 0.2) is 12.4 Å². The summed E-state index contributed by atoms with van der Waals surface area (Å²) < 4.78 is 5.02. The number of hydrogen-bond acceptors (Lipinski definition) is 5. The standard InChI is InChI=1S/C12H17N3O5/c1-12(2,3)20-9(16)4-8(11(18)19)15-10(17)7-5-13-14-6-7/h5-6,8H,4H2,1-3H3,(H,13,14)(H,15,17)(H,18,19)/t8-/m0/s1. The van der Waals surface area contributed by atoms with Gasteiger partial charge in [0.2, 0.25) is 0 Å². The zero-order chi connectivity index (χ0) is 15.3. The number of aliphatic carboxylic acids is 1. The van der Waals surface area contributed by atoms with Gasteiger partial charge in [-0.25, -0.2) is 4.79 Å². The van der Waals surface area contributed by atoms with E-state index in [0.717, 1.165) is 0 Å². The second-order valence-corrected chi connectivity index (χ2v) is 5.14. The van der Waals surface area contributed by atoms with E-state index in [9.17, 15) is 14.4 Å². The molecular formula is C12H17N3O5. The lowest BCUT2D eigenvalue weighted by Gasteiger charge is -2.21. The molecule has 0 aromatic carbocycles. The normalized spacial score (nSPS) is 12.6. The molecule has 0 saturated heterocycles. The second kappa shape index (κ2) is 6.18. The molecule has 1 rings (SSSR count). The van der Waals surface area contributed by atoms with Crippen LogP contribution in [0.25, 0.3) is 0 Å². The van der Waals surface area contributed by atoms with Gasteiger partial charge in [0.1, 0.15) is 11.6 Å². The van der Waals surface area contributed by atoms with Crippen molar-refractivity contribution in [3.05, 3.63) is 18.0 Å². The van der Waals surface area contributed by atoms with Gasteiger partial charge in [0.15, 0.2) is 0 Å². The lowest BCUT2D eigenvalue weighted by Crippen LogP contribution is -2.43. The van der Waals surface area contributed by atoms with Gasteiger partial charge < -0.3 is 15.2 Å². The number of aromatic amines is 1. The van der Waals surface area contributed by atoms with Gasteiger partial charge in [-0.2, -0.15) is 5.10 Å². The first-order valence-electron chi connectivity index (χ1n) is 5.93. The summed E-state index contributed by atoms with van der Waals surface area (Å²) in [4.78, 5) is 34.3. The number of nitrogens with zero attached hydrogens (tertiary/aromatic N) is 1. The molecule has 8 heteroatoms. The van der Waals surface area contributed by atoms with Gasteiger partial charge in [0.05, 0.1) is 18.2 Å². The SMILES string of the molecule is CC(C)(C)OC(=O)C[C@H](NC(=O)c1cn[nH]c1)C(=O)O. The third-order valence-corrected chi connectivity index (χ3v) is 2.15. The second-order valence-electron chi connectivity index (χ2n) is 5.14. The van der Waals surface area contributed by atoms with Crippen molar-refractivity contribution in [1.82, 2.24) is 15.5 Å². The van der Waals surface area contributed by atoms with Crippen LogP contribution in [0.2, 0.25) is 0 Å². The van der Waals surface area contributed by atoms with E-state index in [1.54, 1.807) is 20.8 Å². The molecule has 0 aliphatic carbocycles. The van der Waals surface area contributed by atoms with E-state index in [2.05, 4.69) is 15.5 Å².